The summed E-state index contributed by atoms with van der Waals surface area (Å²) in [5, 5.41) is 12.4. The van der Waals surface area contributed by atoms with Crippen molar-refractivity contribution in [3.8, 4) is 5.75 Å². The summed E-state index contributed by atoms with van der Waals surface area (Å²) in [6.45, 7) is 0.513. The van der Waals surface area contributed by atoms with Crippen molar-refractivity contribution in [2.75, 3.05) is 20.0 Å². The molecular weight excluding hydrogens is 528 g/mol. The van der Waals surface area contributed by atoms with Crippen LogP contribution in [0.1, 0.15) is 36.1 Å². The number of nitrogens with zero attached hydrogens (tertiary/aromatic N) is 2. The molecule has 0 bridgehead atoms. The monoisotopic (exact) mass is 556 g/mol. The fourth-order valence-electron chi connectivity index (χ4n) is 4.95. The zero-order valence-corrected chi connectivity index (χ0v) is 22.5. The molecule has 1 aliphatic heterocycles. The van der Waals surface area contributed by atoms with Crippen LogP contribution in [0.5, 0.6) is 5.75 Å². The molecule has 9 nitrogen and oxygen atoms in total. The molecule has 3 atom stereocenters. The zero-order valence-electron chi connectivity index (χ0n) is 20.9. The van der Waals surface area contributed by atoms with Gasteiger partial charge < -0.3 is 14.6 Å². The van der Waals surface area contributed by atoms with E-state index in [4.69, 9.17) is 9.47 Å². The molecule has 0 aliphatic carbocycles. The van der Waals surface area contributed by atoms with Crippen molar-refractivity contribution in [2.45, 2.75) is 40.8 Å². The molecule has 38 heavy (non-hydrogen) atoms. The first-order chi connectivity index (χ1) is 18.1. The molecule has 1 N–H and O–H groups in total. The van der Waals surface area contributed by atoms with Crippen molar-refractivity contribution in [2.24, 2.45) is 0 Å². The molecule has 1 fully saturated rings. The van der Waals surface area contributed by atoms with E-state index in [-0.39, 0.29) is 21.1 Å². The average molecular weight is 557 g/mol. The molecule has 0 radical (unpaired) electrons. The number of aromatic nitrogens is 2. The van der Waals surface area contributed by atoms with Crippen LogP contribution in [0.4, 0.5) is 0 Å². The van der Waals surface area contributed by atoms with Gasteiger partial charge in [0.25, 0.3) is 10.0 Å². The third-order valence-electron chi connectivity index (χ3n) is 6.82. The molecular formula is C27H28N2O7S2. The van der Waals surface area contributed by atoms with Gasteiger partial charge in [-0.1, -0.05) is 30.3 Å². The molecule has 1 aliphatic rings. The first-order valence-electron chi connectivity index (χ1n) is 12.1. The van der Waals surface area contributed by atoms with Crippen LogP contribution in [0, 0.1) is 0 Å². The summed E-state index contributed by atoms with van der Waals surface area (Å²) >= 11 is 0. The van der Waals surface area contributed by atoms with E-state index in [1.807, 2.05) is 0 Å². The van der Waals surface area contributed by atoms with E-state index in [1.165, 1.54) is 37.6 Å². The topological polar surface area (TPSA) is 125 Å². The standard InChI is InChI=1S/C27H28N2O7S2/c1-35-20-15-19-16-23(29(27(19)28-17-20)38(33,34)22-7-4-3-5-8-22)26(30)25(24-9-6-14-36-24)18-10-12-21(13-11-18)37(2,31)32/h3-5,7-8,10-13,15-17,24-26,30H,6,9,14H2,1-2H3. The number of methoxy groups -OCH3 is 1. The predicted octanol–water partition coefficient (Wildman–Crippen LogP) is 3.68. The fourth-order valence-corrected chi connectivity index (χ4v) is 7.11. The maximum absolute atomic E-state index is 13.9. The Morgan fingerprint density at radius 1 is 1.03 bits per heavy atom. The van der Waals surface area contributed by atoms with Crippen LogP contribution >= 0.6 is 0 Å². The average Bonchev–Trinajstić information content (AvgIpc) is 3.57. The van der Waals surface area contributed by atoms with E-state index in [2.05, 4.69) is 4.98 Å². The van der Waals surface area contributed by atoms with E-state index in [0.717, 1.165) is 16.6 Å². The minimum absolute atomic E-state index is 0.0507. The van der Waals surface area contributed by atoms with Crippen molar-refractivity contribution in [1.82, 2.24) is 8.96 Å². The van der Waals surface area contributed by atoms with Gasteiger partial charge in [0, 0.05) is 24.2 Å². The van der Waals surface area contributed by atoms with Gasteiger partial charge in [0.1, 0.15) is 11.9 Å². The first-order valence-corrected chi connectivity index (χ1v) is 15.4. The molecule has 11 heteroatoms. The number of ether oxygens (including phenoxy) is 2. The van der Waals surface area contributed by atoms with Gasteiger partial charge >= 0.3 is 0 Å². The first kappa shape index (κ1) is 26.4. The van der Waals surface area contributed by atoms with E-state index < -0.39 is 38.0 Å². The summed E-state index contributed by atoms with van der Waals surface area (Å²) in [4.78, 5) is 4.57. The van der Waals surface area contributed by atoms with Gasteiger partial charge in [-0.3, -0.25) is 0 Å². The Morgan fingerprint density at radius 3 is 2.34 bits per heavy atom. The molecule has 3 unspecified atom stereocenters. The van der Waals surface area contributed by atoms with E-state index in [0.29, 0.717) is 29.7 Å². The van der Waals surface area contributed by atoms with Gasteiger partial charge in [0.05, 0.1) is 34.9 Å². The molecule has 4 aromatic rings. The minimum atomic E-state index is -4.15. The van der Waals surface area contributed by atoms with E-state index in [9.17, 15) is 21.9 Å². The maximum Gasteiger partial charge on any atom is 0.269 e. The van der Waals surface area contributed by atoms with Crippen molar-refractivity contribution >= 4 is 30.9 Å². The predicted molar refractivity (Wildman–Crippen MR) is 142 cm³/mol. The van der Waals surface area contributed by atoms with Crippen molar-refractivity contribution < 1.29 is 31.4 Å². The second-order valence-corrected chi connectivity index (χ2v) is 13.1. The Balaban J connectivity index is 1.70. The Bertz CT molecular complexity index is 1660. The molecule has 0 spiro atoms. The molecule has 2 aromatic heterocycles. The van der Waals surface area contributed by atoms with Crippen molar-refractivity contribution in [1.29, 1.82) is 0 Å². The number of rotatable bonds is 8. The third-order valence-corrected chi connectivity index (χ3v) is 9.68. The lowest BCUT2D eigenvalue weighted by Crippen LogP contribution is -2.27. The number of fused-ring (bicyclic) bond motifs is 1. The molecule has 1 saturated heterocycles. The van der Waals surface area contributed by atoms with Gasteiger partial charge in [-0.15, -0.1) is 0 Å². The number of pyridine rings is 1. The second kappa shape index (κ2) is 10.1. The normalized spacial score (nSPS) is 17.9. The largest absolute Gasteiger partial charge is 0.495 e. The van der Waals surface area contributed by atoms with Crippen LogP contribution in [0.25, 0.3) is 11.0 Å². The Labute approximate surface area is 221 Å². The summed E-state index contributed by atoms with van der Waals surface area (Å²) in [5.74, 6) is -0.220. The summed E-state index contributed by atoms with van der Waals surface area (Å²) in [6.07, 6.45) is 2.29. The molecule has 200 valence electrons. The van der Waals surface area contributed by atoms with E-state index in [1.54, 1.807) is 42.5 Å². The highest BCUT2D eigenvalue weighted by Gasteiger charge is 2.38. The number of aliphatic hydroxyl groups excluding tert-OH is 1. The number of aliphatic hydroxyl groups is 1. The van der Waals surface area contributed by atoms with Crippen LogP contribution in [0.2, 0.25) is 0 Å². The molecule has 5 rings (SSSR count). The second-order valence-electron chi connectivity index (χ2n) is 9.30. The minimum Gasteiger partial charge on any atom is -0.495 e. The van der Waals surface area contributed by atoms with Gasteiger partial charge in [-0.25, -0.2) is 25.8 Å². The van der Waals surface area contributed by atoms with Crippen LogP contribution in [-0.2, 0) is 24.6 Å². The molecule has 0 saturated carbocycles. The van der Waals surface area contributed by atoms with Crippen molar-refractivity contribution in [3.05, 3.63) is 84.2 Å². The Morgan fingerprint density at radius 2 is 1.74 bits per heavy atom. The summed E-state index contributed by atoms with van der Waals surface area (Å²) in [5.41, 5.74) is 0.913. The highest BCUT2D eigenvalue weighted by Crippen LogP contribution is 2.42. The van der Waals surface area contributed by atoms with Crippen LogP contribution in [0.3, 0.4) is 0 Å². The summed E-state index contributed by atoms with van der Waals surface area (Å²) < 4.78 is 64.1. The van der Waals surface area contributed by atoms with Crippen molar-refractivity contribution in [3.63, 3.8) is 0 Å². The van der Waals surface area contributed by atoms with Crippen LogP contribution in [-0.4, -0.2) is 57.0 Å². The number of hydrogen-bond acceptors (Lipinski definition) is 8. The lowest BCUT2D eigenvalue weighted by Gasteiger charge is -2.29. The molecule has 3 heterocycles. The van der Waals surface area contributed by atoms with E-state index >= 15 is 0 Å². The van der Waals surface area contributed by atoms with Gasteiger partial charge in [0.2, 0.25) is 0 Å². The SMILES string of the molecule is COc1cnc2c(c1)cc(C(O)C(c1ccc(S(C)(=O)=O)cc1)C1CCCO1)n2S(=O)(=O)c1ccccc1. The molecule has 0 amide bonds. The number of hydrogen-bond donors (Lipinski definition) is 1. The highest BCUT2D eigenvalue weighted by molar-refractivity contribution is 7.90. The summed E-state index contributed by atoms with van der Waals surface area (Å²) in [6, 6.07) is 17.5. The van der Waals surface area contributed by atoms with Gasteiger partial charge in [0.15, 0.2) is 15.5 Å². The number of benzene rings is 2. The number of sulfone groups is 1. The summed E-state index contributed by atoms with van der Waals surface area (Å²) in [7, 11) is -6.07. The third kappa shape index (κ3) is 4.82. The lowest BCUT2D eigenvalue weighted by atomic mass is 9.85. The smallest absolute Gasteiger partial charge is 0.269 e. The molecule has 2 aromatic carbocycles. The maximum atomic E-state index is 13.9. The Hall–Kier alpha value is -3.25. The Kier molecular flexibility index (Phi) is 7.03. The quantitative estimate of drug-likeness (QED) is 0.349. The zero-order chi connectivity index (χ0) is 27.1. The fraction of sp³-hybridized carbons (Fsp3) is 0.296. The lowest BCUT2D eigenvalue weighted by molar-refractivity contribution is 0.0275. The van der Waals surface area contributed by atoms with Gasteiger partial charge in [-0.05, 0) is 54.8 Å². The van der Waals surface area contributed by atoms with Gasteiger partial charge in [-0.2, -0.15) is 0 Å². The van der Waals surface area contributed by atoms with Crippen LogP contribution in [0.15, 0.2) is 82.7 Å². The highest BCUT2D eigenvalue weighted by atomic mass is 32.2. The van der Waals surface area contributed by atoms with Crippen LogP contribution < -0.4 is 4.74 Å².